The number of carbonyl (C=O) groups excluding carboxylic acids is 2. The van der Waals surface area contributed by atoms with Gasteiger partial charge in [0.25, 0.3) is 5.91 Å². The van der Waals surface area contributed by atoms with Crippen molar-refractivity contribution in [3.8, 4) is 17.2 Å². The summed E-state index contributed by atoms with van der Waals surface area (Å²) in [4.78, 5) is 23.6. The highest BCUT2D eigenvalue weighted by Gasteiger charge is 2.16. The van der Waals surface area contributed by atoms with Crippen LogP contribution in [0, 0.1) is 5.92 Å². The van der Waals surface area contributed by atoms with E-state index in [1.165, 1.54) is 21.3 Å². The van der Waals surface area contributed by atoms with E-state index in [4.69, 9.17) is 18.9 Å². The molecule has 2 N–H and O–H groups in total. The maximum absolute atomic E-state index is 12.2. The topological polar surface area (TPSA) is 95.1 Å². The molecule has 0 saturated carbocycles. The Labute approximate surface area is 147 Å². The highest BCUT2D eigenvalue weighted by Crippen LogP contribution is 2.38. The largest absolute Gasteiger partial charge is 0.493 e. The number of benzene rings is 1. The first-order valence-corrected chi connectivity index (χ1v) is 7.91. The van der Waals surface area contributed by atoms with Crippen LogP contribution in [-0.2, 0) is 4.74 Å². The first-order chi connectivity index (χ1) is 11.9. The number of hydrogen-bond acceptors (Lipinski definition) is 6. The summed E-state index contributed by atoms with van der Waals surface area (Å²) < 4.78 is 20.6. The van der Waals surface area contributed by atoms with E-state index < -0.39 is 6.09 Å². The van der Waals surface area contributed by atoms with Crippen molar-refractivity contribution in [3.05, 3.63) is 17.7 Å². The molecular formula is C17H26N2O6. The molecule has 8 heteroatoms. The number of amides is 2. The molecule has 0 saturated heterocycles. The predicted octanol–water partition coefficient (Wildman–Crippen LogP) is 1.82. The van der Waals surface area contributed by atoms with Crippen LogP contribution in [0.5, 0.6) is 17.2 Å². The SMILES string of the molecule is COc1cc(C(=O)NCCNC(=O)OCC(C)C)cc(OC)c1OC. The van der Waals surface area contributed by atoms with Crippen molar-refractivity contribution >= 4 is 12.0 Å². The van der Waals surface area contributed by atoms with E-state index >= 15 is 0 Å². The van der Waals surface area contributed by atoms with Gasteiger partial charge in [-0.3, -0.25) is 4.79 Å². The van der Waals surface area contributed by atoms with E-state index in [0.29, 0.717) is 29.4 Å². The van der Waals surface area contributed by atoms with Gasteiger partial charge in [-0.05, 0) is 18.1 Å². The van der Waals surface area contributed by atoms with Crippen molar-refractivity contribution in [1.82, 2.24) is 10.6 Å². The van der Waals surface area contributed by atoms with Crippen LogP contribution in [0.15, 0.2) is 12.1 Å². The molecule has 25 heavy (non-hydrogen) atoms. The van der Waals surface area contributed by atoms with Gasteiger partial charge in [-0.1, -0.05) is 13.8 Å². The Kier molecular flexibility index (Phi) is 8.38. The second-order valence-corrected chi connectivity index (χ2v) is 5.59. The van der Waals surface area contributed by atoms with Gasteiger partial charge in [0.05, 0.1) is 27.9 Å². The fourth-order valence-electron chi connectivity index (χ4n) is 1.95. The summed E-state index contributed by atoms with van der Waals surface area (Å²) in [5.74, 6) is 1.14. The highest BCUT2D eigenvalue weighted by molar-refractivity contribution is 5.95. The molecule has 0 aliphatic heterocycles. The minimum absolute atomic E-state index is 0.256. The normalized spacial score (nSPS) is 10.2. The maximum Gasteiger partial charge on any atom is 0.407 e. The Bertz CT molecular complexity index is 563. The third-order valence-electron chi connectivity index (χ3n) is 3.15. The molecular weight excluding hydrogens is 328 g/mol. The van der Waals surface area contributed by atoms with Crippen LogP contribution in [0.25, 0.3) is 0 Å². The van der Waals surface area contributed by atoms with Crippen LogP contribution in [0.2, 0.25) is 0 Å². The van der Waals surface area contributed by atoms with Crippen molar-refractivity contribution in [1.29, 1.82) is 0 Å². The molecule has 0 aliphatic rings. The Morgan fingerprint density at radius 2 is 1.52 bits per heavy atom. The Balaban J connectivity index is 2.56. The summed E-state index contributed by atoms with van der Waals surface area (Å²) in [6.07, 6.45) is -0.504. The number of carbonyl (C=O) groups is 2. The molecule has 2 amide bonds. The van der Waals surface area contributed by atoms with Gasteiger partial charge < -0.3 is 29.6 Å². The summed E-state index contributed by atoms with van der Waals surface area (Å²) in [7, 11) is 4.45. The summed E-state index contributed by atoms with van der Waals surface area (Å²) in [5, 5.41) is 5.26. The number of nitrogens with one attached hydrogen (secondary N) is 2. The lowest BCUT2D eigenvalue weighted by molar-refractivity contribution is 0.0950. The van der Waals surface area contributed by atoms with Crippen molar-refractivity contribution in [3.63, 3.8) is 0 Å². The minimum atomic E-state index is -0.504. The van der Waals surface area contributed by atoms with Gasteiger partial charge in [0.15, 0.2) is 11.5 Å². The molecule has 8 nitrogen and oxygen atoms in total. The van der Waals surface area contributed by atoms with Crippen LogP contribution in [0.4, 0.5) is 4.79 Å². The molecule has 0 spiro atoms. The fraction of sp³-hybridized carbons (Fsp3) is 0.529. The summed E-state index contributed by atoms with van der Waals surface area (Å²) >= 11 is 0. The van der Waals surface area contributed by atoms with Crippen LogP contribution < -0.4 is 24.8 Å². The average molecular weight is 354 g/mol. The molecule has 0 radical (unpaired) electrons. The Morgan fingerprint density at radius 1 is 0.960 bits per heavy atom. The van der Waals surface area contributed by atoms with E-state index in [1.807, 2.05) is 13.8 Å². The molecule has 0 atom stereocenters. The van der Waals surface area contributed by atoms with Crippen molar-refractivity contribution in [2.75, 3.05) is 41.0 Å². The molecule has 140 valence electrons. The highest BCUT2D eigenvalue weighted by atomic mass is 16.5. The number of methoxy groups -OCH3 is 3. The van der Waals surface area contributed by atoms with Crippen molar-refractivity contribution in [2.24, 2.45) is 5.92 Å². The molecule has 1 rings (SSSR count). The third kappa shape index (κ3) is 6.40. The fourth-order valence-corrected chi connectivity index (χ4v) is 1.95. The quantitative estimate of drug-likeness (QED) is 0.657. The van der Waals surface area contributed by atoms with Gasteiger partial charge in [-0.25, -0.2) is 4.79 Å². The third-order valence-corrected chi connectivity index (χ3v) is 3.15. The zero-order chi connectivity index (χ0) is 18.8. The first kappa shape index (κ1) is 20.4. The molecule has 0 fully saturated rings. The second kappa shape index (κ2) is 10.3. The lowest BCUT2D eigenvalue weighted by Crippen LogP contribution is -2.35. The molecule has 1 aromatic carbocycles. The van der Waals surface area contributed by atoms with Crippen LogP contribution in [0.1, 0.15) is 24.2 Å². The Hall–Kier alpha value is -2.64. The van der Waals surface area contributed by atoms with Gasteiger partial charge >= 0.3 is 6.09 Å². The molecule has 1 aromatic rings. The lowest BCUT2D eigenvalue weighted by atomic mass is 10.1. The number of alkyl carbamates (subject to hydrolysis) is 1. The van der Waals surface area contributed by atoms with Crippen molar-refractivity contribution in [2.45, 2.75) is 13.8 Å². The lowest BCUT2D eigenvalue weighted by Gasteiger charge is -2.14. The van der Waals surface area contributed by atoms with Gasteiger partial charge in [-0.2, -0.15) is 0 Å². The van der Waals surface area contributed by atoms with Gasteiger partial charge in [-0.15, -0.1) is 0 Å². The molecule has 0 aromatic heterocycles. The van der Waals surface area contributed by atoms with E-state index in [0.717, 1.165) is 0 Å². The average Bonchev–Trinajstić information content (AvgIpc) is 2.61. The summed E-state index contributed by atoms with van der Waals surface area (Å²) in [6.45, 7) is 4.76. The van der Waals surface area contributed by atoms with Crippen LogP contribution >= 0.6 is 0 Å². The number of rotatable bonds is 9. The zero-order valence-electron chi connectivity index (χ0n) is 15.3. The van der Waals surface area contributed by atoms with E-state index in [2.05, 4.69) is 10.6 Å². The monoisotopic (exact) mass is 354 g/mol. The number of hydrogen-bond donors (Lipinski definition) is 2. The van der Waals surface area contributed by atoms with Gasteiger partial charge in [0.1, 0.15) is 0 Å². The Morgan fingerprint density at radius 3 is 2.00 bits per heavy atom. The number of ether oxygens (including phenoxy) is 4. The zero-order valence-corrected chi connectivity index (χ0v) is 15.3. The standard InChI is InChI=1S/C17H26N2O6/c1-11(2)10-25-17(21)19-7-6-18-16(20)12-8-13(22-3)15(24-5)14(9-12)23-4/h8-9,11H,6-7,10H2,1-5H3,(H,18,20)(H,19,21). The summed E-state index contributed by atoms with van der Waals surface area (Å²) in [6, 6.07) is 3.11. The smallest absolute Gasteiger partial charge is 0.407 e. The second-order valence-electron chi connectivity index (χ2n) is 5.59. The first-order valence-electron chi connectivity index (χ1n) is 7.91. The van der Waals surface area contributed by atoms with Crippen molar-refractivity contribution < 1.29 is 28.5 Å². The van der Waals surface area contributed by atoms with Gasteiger partial charge in [0, 0.05) is 18.7 Å². The van der Waals surface area contributed by atoms with Crippen LogP contribution in [0.3, 0.4) is 0 Å². The maximum atomic E-state index is 12.2. The van der Waals surface area contributed by atoms with E-state index in [1.54, 1.807) is 12.1 Å². The molecule has 0 aliphatic carbocycles. The molecule has 0 heterocycles. The minimum Gasteiger partial charge on any atom is -0.493 e. The van der Waals surface area contributed by atoms with E-state index in [9.17, 15) is 9.59 Å². The van der Waals surface area contributed by atoms with Gasteiger partial charge in [0.2, 0.25) is 5.75 Å². The van der Waals surface area contributed by atoms with Crippen LogP contribution in [-0.4, -0.2) is 53.0 Å². The summed E-state index contributed by atoms with van der Waals surface area (Å²) in [5.41, 5.74) is 0.358. The molecule has 0 bridgehead atoms. The van der Waals surface area contributed by atoms with E-state index in [-0.39, 0.29) is 24.9 Å². The molecule has 0 unspecified atom stereocenters. The predicted molar refractivity (Wildman–Crippen MR) is 92.6 cm³/mol.